The van der Waals surface area contributed by atoms with E-state index in [1.54, 1.807) is 11.9 Å². The average Bonchev–Trinajstić information content (AvgIpc) is 2.72. The second kappa shape index (κ2) is 5.89. The van der Waals surface area contributed by atoms with Gasteiger partial charge in [-0.25, -0.2) is 0 Å². The number of H-pyrrole nitrogens is 1. The summed E-state index contributed by atoms with van der Waals surface area (Å²) in [6.07, 6.45) is 0.921. The number of rotatable bonds is 5. The zero-order valence-electron chi connectivity index (χ0n) is 11.4. The second-order valence-electron chi connectivity index (χ2n) is 4.85. The summed E-state index contributed by atoms with van der Waals surface area (Å²) < 4.78 is 0. The highest BCUT2D eigenvalue weighted by Crippen LogP contribution is 2.23. The number of amides is 1. The molecule has 0 spiro atoms. The lowest BCUT2D eigenvalue weighted by Gasteiger charge is -2.17. The number of aliphatic hydroxyl groups excluding tert-OH is 1. The Morgan fingerprint density at radius 2 is 2.11 bits per heavy atom. The zero-order chi connectivity index (χ0) is 13.8. The third kappa shape index (κ3) is 2.96. The van der Waals surface area contributed by atoms with Crippen LogP contribution in [0.1, 0.15) is 24.1 Å². The summed E-state index contributed by atoms with van der Waals surface area (Å²) in [5.74, 6) is 0.0683. The fourth-order valence-electron chi connectivity index (χ4n) is 2.28. The highest BCUT2D eigenvalue weighted by atomic mass is 16.3. The molecule has 4 nitrogen and oxygen atoms in total. The summed E-state index contributed by atoms with van der Waals surface area (Å²) in [6.45, 7) is 2.69. The number of aliphatic hydroxyl groups is 1. The molecule has 19 heavy (non-hydrogen) atoms. The normalized spacial score (nSPS) is 10.9. The molecule has 0 aliphatic carbocycles. The standard InChI is InChI=1S/C15H20N2O2/c1-11-13(10-17(2)15(19)8-5-9-18)12-6-3-4-7-14(12)16-11/h3-4,6-7,16,18H,5,8-10H2,1-2H3. The quantitative estimate of drug-likeness (QED) is 0.866. The maximum Gasteiger partial charge on any atom is 0.222 e. The molecule has 4 heteroatoms. The Hall–Kier alpha value is -1.81. The molecule has 0 aliphatic heterocycles. The van der Waals surface area contributed by atoms with E-state index in [9.17, 15) is 4.79 Å². The summed E-state index contributed by atoms with van der Waals surface area (Å²) >= 11 is 0. The number of nitrogens with one attached hydrogen (secondary N) is 1. The minimum atomic E-state index is 0.0612. The Labute approximate surface area is 113 Å². The number of hydrogen-bond donors (Lipinski definition) is 2. The van der Waals surface area contributed by atoms with Crippen LogP contribution in [-0.2, 0) is 11.3 Å². The predicted octanol–water partition coefficient (Wildman–Crippen LogP) is 2.21. The van der Waals surface area contributed by atoms with Gasteiger partial charge in [0.1, 0.15) is 0 Å². The van der Waals surface area contributed by atoms with E-state index in [0.29, 0.717) is 19.4 Å². The first kappa shape index (κ1) is 13.6. The number of fused-ring (bicyclic) bond motifs is 1. The van der Waals surface area contributed by atoms with Crippen LogP contribution in [0.2, 0.25) is 0 Å². The number of nitrogens with zero attached hydrogens (tertiary/aromatic N) is 1. The minimum Gasteiger partial charge on any atom is -0.396 e. The molecule has 0 fully saturated rings. The molecular formula is C15H20N2O2. The van der Waals surface area contributed by atoms with E-state index in [1.165, 1.54) is 5.39 Å². The first-order chi connectivity index (χ1) is 9.13. The van der Waals surface area contributed by atoms with E-state index >= 15 is 0 Å². The van der Waals surface area contributed by atoms with Crippen LogP contribution in [0.15, 0.2) is 24.3 Å². The number of aryl methyl sites for hydroxylation is 1. The van der Waals surface area contributed by atoms with Crippen molar-refractivity contribution in [2.24, 2.45) is 0 Å². The van der Waals surface area contributed by atoms with Crippen molar-refractivity contribution in [1.29, 1.82) is 0 Å². The van der Waals surface area contributed by atoms with Gasteiger partial charge in [0.25, 0.3) is 0 Å². The molecule has 0 saturated heterocycles. The van der Waals surface area contributed by atoms with Gasteiger partial charge in [-0.05, 0) is 25.0 Å². The Kier molecular flexibility index (Phi) is 4.22. The van der Waals surface area contributed by atoms with Gasteiger partial charge in [-0.3, -0.25) is 4.79 Å². The summed E-state index contributed by atoms with van der Waals surface area (Å²) in [6, 6.07) is 8.12. The molecular weight excluding hydrogens is 240 g/mol. The van der Waals surface area contributed by atoms with Crippen molar-refractivity contribution in [3.05, 3.63) is 35.5 Å². The van der Waals surface area contributed by atoms with Crippen LogP contribution >= 0.6 is 0 Å². The number of hydrogen-bond acceptors (Lipinski definition) is 2. The van der Waals surface area contributed by atoms with Crippen molar-refractivity contribution in [2.75, 3.05) is 13.7 Å². The van der Waals surface area contributed by atoms with Crippen LogP contribution in [-0.4, -0.2) is 34.6 Å². The number of benzene rings is 1. The third-order valence-corrected chi connectivity index (χ3v) is 3.40. The number of para-hydroxylation sites is 1. The zero-order valence-corrected chi connectivity index (χ0v) is 11.4. The van der Waals surface area contributed by atoms with Crippen LogP contribution in [0.4, 0.5) is 0 Å². The molecule has 0 saturated carbocycles. The van der Waals surface area contributed by atoms with Crippen molar-refractivity contribution in [3.63, 3.8) is 0 Å². The maximum absolute atomic E-state index is 11.9. The lowest BCUT2D eigenvalue weighted by molar-refractivity contribution is -0.130. The highest BCUT2D eigenvalue weighted by molar-refractivity contribution is 5.85. The highest BCUT2D eigenvalue weighted by Gasteiger charge is 2.13. The molecule has 1 amide bonds. The molecule has 0 unspecified atom stereocenters. The maximum atomic E-state index is 11.9. The largest absolute Gasteiger partial charge is 0.396 e. The third-order valence-electron chi connectivity index (χ3n) is 3.40. The van der Waals surface area contributed by atoms with E-state index in [4.69, 9.17) is 5.11 Å². The summed E-state index contributed by atoms with van der Waals surface area (Å²) in [7, 11) is 1.81. The first-order valence-electron chi connectivity index (χ1n) is 6.54. The molecule has 1 aromatic carbocycles. The Morgan fingerprint density at radius 3 is 2.84 bits per heavy atom. The van der Waals surface area contributed by atoms with Gasteiger partial charge >= 0.3 is 0 Å². The molecule has 0 bridgehead atoms. The smallest absolute Gasteiger partial charge is 0.222 e. The monoisotopic (exact) mass is 260 g/mol. The second-order valence-corrected chi connectivity index (χ2v) is 4.85. The van der Waals surface area contributed by atoms with Gasteiger partial charge in [0, 0.05) is 43.2 Å². The van der Waals surface area contributed by atoms with Crippen LogP contribution in [0, 0.1) is 6.92 Å². The number of aromatic nitrogens is 1. The van der Waals surface area contributed by atoms with E-state index in [-0.39, 0.29) is 12.5 Å². The molecule has 2 aromatic rings. The van der Waals surface area contributed by atoms with Crippen molar-refractivity contribution in [2.45, 2.75) is 26.3 Å². The Bertz CT molecular complexity index is 575. The van der Waals surface area contributed by atoms with Gasteiger partial charge in [0.05, 0.1) is 0 Å². The van der Waals surface area contributed by atoms with Crippen LogP contribution in [0.5, 0.6) is 0 Å². The van der Waals surface area contributed by atoms with Crippen LogP contribution < -0.4 is 0 Å². The first-order valence-corrected chi connectivity index (χ1v) is 6.54. The molecule has 1 aromatic heterocycles. The summed E-state index contributed by atoms with van der Waals surface area (Å²) in [4.78, 5) is 16.9. The van der Waals surface area contributed by atoms with Crippen molar-refractivity contribution >= 4 is 16.8 Å². The van der Waals surface area contributed by atoms with Gasteiger partial charge < -0.3 is 15.0 Å². The Balaban J connectivity index is 2.16. The summed E-state index contributed by atoms with van der Waals surface area (Å²) in [5, 5.41) is 9.93. The number of carbonyl (C=O) groups excluding carboxylic acids is 1. The van der Waals surface area contributed by atoms with E-state index in [0.717, 1.165) is 16.8 Å². The van der Waals surface area contributed by atoms with Gasteiger partial charge in [0.2, 0.25) is 5.91 Å². The molecule has 0 atom stereocenters. The van der Waals surface area contributed by atoms with Gasteiger partial charge in [-0.15, -0.1) is 0 Å². The number of aromatic amines is 1. The average molecular weight is 260 g/mol. The van der Waals surface area contributed by atoms with Crippen molar-refractivity contribution in [1.82, 2.24) is 9.88 Å². The van der Waals surface area contributed by atoms with Gasteiger partial charge in [-0.1, -0.05) is 18.2 Å². The fourth-order valence-corrected chi connectivity index (χ4v) is 2.28. The molecule has 2 N–H and O–H groups in total. The lowest BCUT2D eigenvalue weighted by Crippen LogP contribution is -2.26. The van der Waals surface area contributed by atoms with Crippen molar-refractivity contribution < 1.29 is 9.90 Å². The van der Waals surface area contributed by atoms with E-state index in [2.05, 4.69) is 11.1 Å². The SMILES string of the molecule is Cc1[nH]c2ccccc2c1CN(C)C(=O)CCCO. The van der Waals surface area contributed by atoms with Gasteiger partial charge in [-0.2, -0.15) is 0 Å². The van der Waals surface area contributed by atoms with E-state index in [1.807, 2.05) is 25.1 Å². The minimum absolute atomic E-state index is 0.0612. The summed E-state index contributed by atoms with van der Waals surface area (Å²) in [5.41, 5.74) is 3.37. The fraction of sp³-hybridized carbons (Fsp3) is 0.400. The van der Waals surface area contributed by atoms with Gasteiger partial charge in [0.15, 0.2) is 0 Å². The Morgan fingerprint density at radius 1 is 1.37 bits per heavy atom. The molecule has 0 aliphatic rings. The van der Waals surface area contributed by atoms with Crippen LogP contribution in [0.3, 0.4) is 0 Å². The van der Waals surface area contributed by atoms with Crippen molar-refractivity contribution in [3.8, 4) is 0 Å². The topological polar surface area (TPSA) is 56.3 Å². The van der Waals surface area contributed by atoms with E-state index < -0.39 is 0 Å². The molecule has 102 valence electrons. The predicted molar refractivity (Wildman–Crippen MR) is 75.8 cm³/mol. The molecule has 2 rings (SSSR count). The molecule has 1 heterocycles. The molecule has 0 radical (unpaired) electrons. The lowest BCUT2D eigenvalue weighted by atomic mass is 10.1. The van der Waals surface area contributed by atoms with Crippen LogP contribution in [0.25, 0.3) is 10.9 Å². The number of carbonyl (C=O) groups is 1.